The molecule has 0 saturated carbocycles. The third-order valence-corrected chi connectivity index (χ3v) is 6.44. The number of hydrogen-bond donors (Lipinski definition) is 7. The van der Waals surface area contributed by atoms with Gasteiger partial charge in [-0.2, -0.15) is 0 Å². The van der Waals surface area contributed by atoms with Crippen LogP contribution in [0.1, 0.15) is 44.6 Å². The molecule has 4 atom stereocenters. The zero-order valence-corrected chi connectivity index (χ0v) is 22.9. The second-order valence-electron chi connectivity index (χ2n) is 9.79. The largest absolute Gasteiger partial charge is 0.480 e. The van der Waals surface area contributed by atoms with E-state index in [-0.39, 0.29) is 38.7 Å². The van der Waals surface area contributed by atoms with Crippen LogP contribution in [0, 0.1) is 0 Å². The fourth-order valence-corrected chi connectivity index (χ4v) is 4.04. The molecule has 0 fully saturated rings. The molecule has 12 heteroatoms. The molecular weight excluding hydrogens is 532 g/mol. The number of nitrogens with one attached hydrogen (secondary N) is 3. The Kier molecular flexibility index (Phi) is 13.4. The highest BCUT2D eigenvalue weighted by Crippen LogP contribution is 2.19. The molecule has 0 aliphatic carbocycles. The number of hydrogen-bond acceptors (Lipinski definition) is 7. The fourth-order valence-electron chi connectivity index (χ4n) is 4.04. The standard InChI is InChI=1S/C29H38N4O8/c1-18(31-26(36)16-19-10-12-21(13-11-19)20-6-3-2-4-7-20)27(37)33-24(29(40)41)14-15-25(35)32-22(17-34)8-5-9-23(30)28(38)39/h2-4,6-7,10-13,18,22-24,34H,5,8-9,14-17,30H2,1H3,(H,31,36)(H,32,35)(H,33,37)(H,38,39)(H,40,41). The van der Waals surface area contributed by atoms with E-state index in [0.717, 1.165) is 16.7 Å². The molecule has 0 heterocycles. The van der Waals surface area contributed by atoms with Crippen LogP contribution in [0.4, 0.5) is 0 Å². The van der Waals surface area contributed by atoms with Crippen molar-refractivity contribution < 1.29 is 39.3 Å². The Balaban J connectivity index is 1.79. The third kappa shape index (κ3) is 11.8. The van der Waals surface area contributed by atoms with Crippen molar-refractivity contribution in [2.75, 3.05) is 6.61 Å². The number of rotatable bonds is 17. The molecule has 2 aromatic carbocycles. The normalized spacial score (nSPS) is 13.7. The van der Waals surface area contributed by atoms with E-state index in [1.54, 1.807) is 0 Å². The van der Waals surface area contributed by atoms with E-state index in [1.165, 1.54) is 6.92 Å². The summed E-state index contributed by atoms with van der Waals surface area (Å²) in [6.07, 6.45) is 0.380. The summed E-state index contributed by atoms with van der Waals surface area (Å²) in [6.45, 7) is 1.04. The molecule has 222 valence electrons. The molecule has 2 rings (SSSR count). The van der Waals surface area contributed by atoms with Crippen LogP contribution in [0.5, 0.6) is 0 Å². The number of nitrogens with two attached hydrogens (primary N) is 1. The van der Waals surface area contributed by atoms with Gasteiger partial charge in [0.25, 0.3) is 0 Å². The molecule has 0 aliphatic rings. The molecule has 12 nitrogen and oxygen atoms in total. The molecule has 41 heavy (non-hydrogen) atoms. The molecule has 0 bridgehead atoms. The average Bonchev–Trinajstić information content (AvgIpc) is 2.94. The first-order valence-electron chi connectivity index (χ1n) is 13.4. The molecule has 3 amide bonds. The van der Waals surface area contributed by atoms with Crippen molar-refractivity contribution >= 4 is 29.7 Å². The number of aliphatic hydroxyl groups excluding tert-OH is 1. The van der Waals surface area contributed by atoms with Gasteiger partial charge in [0.05, 0.1) is 19.1 Å². The lowest BCUT2D eigenvalue weighted by Crippen LogP contribution is -2.51. The molecule has 4 unspecified atom stereocenters. The monoisotopic (exact) mass is 570 g/mol. The Morgan fingerprint density at radius 3 is 2.00 bits per heavy atom. The number of benzene rings is 2. The lowest BCUT2D eigenvalue weighted by atomic mass is 10.0. The van der Waals surface area contributed by atoms with E-state index in [2.05, 4.69) is 16.0 Å². The maximum atomic E-state index is 12.6. The average molecular weight is 571 g/mol. The summed E-state index contributed by atoms with van der Waals surface area (Å²) in [6, 6.07) is 13.1. The van der Waals surface area contributed by atoms with Crippen molar-refractivity contribution in [2.24, 2.45) is 5.73 Å². The van der Waals surface area contributed by atoms with Crippen LogP contribution in [0.2, 0.25) is 0 Å². The first-order valence-corrected chi connectivity index (χ1v) is 13.4. The van der Waals surface area contributed by atoms with Gasteiger partial charge in [-0.3, -0.25) is 19.2 Å². The topological polar surface area (TPSA) is 208 Å². The van der Waals surface area contributed by atoms with Crippen molar-refractivity contribution in [3.63, 3.8) is 0 Å². The van der Waals surface area contributed by atoms with Crippen LogP contribution < -0.4 is 21.7 Å². The maximum absolute atomic E-state index is 12.6. The van der Waals surface area contributed by atoms with Crippen molar-refractivity contribution in [3.8, 4) is 11.1 Å². The number of aliphatic carboxylic acids is 2. The highest BCUT2D eigenvalue weighted by atomic mass is 16.4. The van der Waals surface area contributed by atoms with Gasteiger partial charge in [0.2, 0.25) is 17.7 Å². The maximum Gasteiger partial charge on any atom is 0.326 e. The predicted molar refractivity (Wildman–Crippen MR) is 150 cm³/mol. The summed E-state index contributed by atoms with van der Waals surface area (Å²) in [7, 11) is 0. The van der Waals surface area contributed by atoms with Crippen LogP contribution in [0.15, 0.2) is 54.6 Å². The molecular formula is C29H38N4O8. The number of aliphatic hydroxyl groups is 1. The van der Waals surface area contributed by atoms with E-state index in [4.69, 9.17) is 10.8 Å². The highest BCUT2D eigenvalue weighted by Gasteiger charge is 2.25. The number of carboxylic acids is 2. The summed E-state index contributed by atoms with van der Waals surface area (Å²) >= 11 is 0. The SMILES string of the molecule is CC(NC(=O)Cc1ccc(-c2ccccc2)cc1)C(=O)NC(CCC(=O)NC(CO)CCCC(N)C(=O)O)C(=O)O. The van der Waals surface area contributed by atoms with Crippen molar-refractivity contribution in [1.82, 2.24) is 16.0 Å². The van der Waals surface area contributed by atoms with Gasteiger partial charge in [-0.1, -0.05) is 54.6 Å². The van der Waals surface area contributed by atoms with Crippen molar-refractivity contribution in [2.45, 2.75) is 69.6 Å². The molecule has 0 aliphatic heterocycles. The van der Waals surface area contributed by atoms with E-state index >= 15 is 0 Å². The Labute approximate surface area is 238 Å². The number of carbonyl (C=O) groups is 5. The Bertz CT molecular complexity index is 1170. The summed E-state index contributed by atoms with van der Waals surface area (Å²) < 4.78 is 0. The van der Waals surface area contributed by atoms with Gasteiger partial charge in [-0.15, -0.1) is 0 Å². The number of carboxylic acid groups (broad SMARTS) is 2. The van der Waals surface area contributed by atoms with Gasteiger partial charge in [-0.05, 0) is 49.3 Å². The lowest BCUT2D eigenvalue weighted by Gasteiger charge is -2.20. The van der Waals surface area contributed by atoms with E-state index < -0.39 is 53.8 Å². The Morgan fingerprint density at radius 1 is 0.780 bits per heavy atom. The second-order valence-corrected chi connectivity index (χ2v) is 9.79. The molecule has 0 radical (unpaired) electrons. The van der Waals surface area contributed by atoms with E-state index in [9.17, 15) is 34.2 Å². The van der Waals surface area contributed by atoms with Gasteiger partial charge >= 0.3 is 11.9 Å². The fraction of sp³-hybridized carbons (Fsp3) is 0.414. The molecule has 0 saturated heterocycles. The van der Waals surface area contributed by atoms with Crippen LogP contribution >= 0.6 is 0 Å². The summed E-state index contributed by atoms with van der Waals surface area (Å²) in [5.74, 6) is -4.14. The van der Waals surface area contributed by atoms with E-state index in [1.807, 2.05) is 54.6 Å². The van der Waals surface area contributed by atoms with Gasteiger partial charge in [-0.25, -0.2) is 4.79 Å². The number of amides is 3. The van der Waals surface area contributed by atoms with Crippen LogP contribution in [0.25, 0.3) is 11.1 Å². The third-order valence-electron chi connectivity index (χ3n) is 6.44. The highest BCUT2D eigenvalue weighted by molar-refractivity contribution is 5.91. The Morgan fingerprint density at radius 2 is 1.41 bits per heavy atom. The second kappa shape index (κ2) is 16.7. The number of carbonyl (C=O) groups excluding carboxylic acids is 3. The summed E-state index contributed by atoms with van der Waals surface area (Å²) in [5.41, 5.74) is 8.23. The van der Waals surface area contributed by atoms with E-state index in [0.29, 0.717) is 6.42 Å². The lowest BCUT2D eigenvalue weighted by molar-refractivity contribution is -0.142. The minimum absolute atomic E-state index is 0.0312. The smallest absolute Gasteiger partial charge is 0.326 e. The van der Waals surface area contributed by atoms with Crippen molar-refractivity contribution in [1.29, 1.82) is 0 Å². The van der Waals surface area contributed by atoms with Gasteiger partial charge < -0.3 is 37.0 Å². The minimum Gasteiger partial charge on any atom is -0.480 e. The minimum atomic E-state index is -1.38. The first-order chi connectivity index (χ1) is 19.5. The summed E-state index contributed by atoms with van der Waals surface area (Å²) in [4.78, 5) is 59.8. The molecule has 8 N–H and O–H groups in total. The zero-order chi connectivity index (χ0) is 30.4. The Hall–Kier alpha value is -4.29. The molecule has 0 spiro atoms. The van der Waals surface area contributed by atoms with Gasteiger partial charge in [0.15, 0.2) is 0 Å². The van der Waals surface area contributed by atoms with Gasteiger partial charge in [0.1, 0.15) is 18.1 Å². The van der Waals surface area contributed by atoms with Crippen LogP contribution in [0.3, 0.4) is 0 Å². The first kappa shape index (κ1) is 32.9. The van der Waals surface area contributed by atoms with Crippen molar-refractivity contribution in [3.05, 3.63) is 60.2 Å². The van der Waals surface area contributed by atoms with Crippen LogP contribution in [-0.2, 0) is 30.4 Å². The quantitative estimate of drug-likeness (QED) is 0.143. The van der Waals surface area contributed by atoms with Crippen LogP contribution in [-0.4, -0.2) is 75.8 Å². The molecule has 0 aromatic heterocycles. The zero-order valence-electron chi connectivity index (χ0n) is 22.9. The molecule has 2 aromatic rings. The van der Waals surface area contributed by atoms with Gasteiger partial charge in [0, 0.05) is 6.42 Å². The summed E-state index contributed by atoms with van der Waals surface area (Å²) in [5, 5.41) is 35.2. The predicted octanol–water partition coefficient (Wildman–Crippen LogP) is 0.810.